The van der Waals surface area contributed by atoms with Gasteiger partial charge in [-0.3, -0.25) is 4.79 Å². The fraction of sp³-hybridized carbons (Fsp3) is 0.143. The van der Waals surface area contributed by atoms with Crippen LogP contribution in [0.4, 0.5) is 13.2 Å². The Balaban J connectivity index is 3.27. The largest absolute Gasteiger partial charge is 0.443 e. The van der Waals surface area contributed by atoms with Crippen molar-refractivity contribution in [1.82, 2.24) is 4.98 Å². The molecule has 76 valence electrons. The van der Waals surface area contributed by atoms with Gasteiger partial charge < -0.3 is 0 Å². The molecule has 0 spiro atoms. The van der Waals surface area contributed by atoms with Crippen LogP contribution in [0, 0.1) is 0 Å². The Kier molecular flexibility index (Phi) is 2.96. The van der Waals surface area contributed by atoms with Gasteiger partial charge in [0.2, 0.25) is 0 Å². The van der Waals surface area contributed by atoms with E-state index in [4.69, 9.17) is 11.6 Å². The Labute approximate surface area is 86.0 Å². The van der Waals surface area contributed by atoms with Gasteiger partial charge in [-0.2, -0.15) is 13.2 Å². The summed E-state index contributed by atoms with van der Waals surface area (Å²) in [5, 5.41) is -2.12. The van der Waals surface area contributed by atoms with Crippen molar-refractivity contribution in [2.75, 3.05) is 0 Å². The van der Waals surface area contributed by atoms with Crippen molar-refractivity contribution in [2.45, 2.75) is 6.18 Å². The van der Waals surface area contributed by atoms with Crippen molar-refractivity contribution in [2.24, 2.45) is 0 Å². The van der Waals surface area contributed by atoms with Crippen LogP contribution in [0.1, 0.15) is 20.4 Å². The molecule has 0 aromatic carbocycles. The highest BCUT2D eigenvalue weighted by atomic mass is 35.5. The normalized spacial score (nSPS) is 11.4. The number of rotatable bonds is 2. The van der Waals surface area contributed by atoms with Crippen LogP contribution in [-0.2, 0) is 6.18 Å². The van der Waals surface area contributed by atoms with Gasteiger partial charge in [-0.05, 0) is 17.7 Å². The topological polar surface area (TPSA) is 30.0 Å². The van der Waals surface area contributed by atoms with Crippen molar-refractivity contribution >= 4 is 34.3 Å². The minimum Gasteiger partial charge on any atom is -0.274 e. The van der Waals surface area contributed by atoms with Gasteiger partial charge >= 0.3 is 6.18 Å². The van der Waals surface area contributed by atoms with Gasteiger partial charge in [-0.25, -0.2) is 4.98 Å². The van der Waals surface area contributed by atoms with E-state index in [9.17, 15) is 18.0 Å². The molecule has 0 atom stereocenters. The van der Waals surface area contributed by atoms with E-state index in [0.717, 1.165) is 6.08 Å². The number of carbonyl (C=O) groups excluding carboxylic acids is 1. The number of hydrogen-bond donors (Lipinski definition) is 0. The lowest BCUT2D eigenvalue weighted by Crippen LogP contribution is -2.04. The lowest BCUT2D eigenvalue weighted by atomic mass is 10.4. The van der Waals surface area contributed by atoms with Crippen molar-refractivity contribution in [3.63, 3.8) is 0 Å². The Morgan fingerprint density at radius 3 is 2.43 bits per heavy atom. The molecule has 0 aliphatic heterocycles. The van der Waals surface area contributed by atoms with Crippen molar-refractivity contribution in [1.29, 1.82) is 0 Å². The summed E-state index contributed by atoms with van der Waals surface area (Å²) in [7, 11) is 0. The van der Waals surface area contributed by atoms with Gasteiger partial charge in [0.1, 0.15) is 5.69 Å². The number of aromatic nitrogens is 1. The third-order valence-electron chi connectivity index (χ3n) is 1.27. The molecule has 1 heterocycles. The number of carbonyl (C=O) groups is 1. The first kappa shape index (κ1) is 11.2. The zero-order chi connectivity index (χ0) is 10.9. The number of nitrogens with zero attached hydrogens (tertiary/aromatic N) is 1. The predicted molar refractivity (Wildman–Crippen MR) is 47.4 cm³/mol. The number of thiazole rings is 1. The maximum absolute atomic E-state index is 12.1. The van der Waals surface area contributed by atoms with E-state index in [1.54, 1.807) is 0 Å². The van der Waals surface area contributed by atoms with E-state index < -0.39 is 22.1 Å². The predicted octanol–water partition coefficient (Wildman–Crippen LogP) is 3.18. The highest BCUT2D eigenvalue weighted by Crippen LogP contribution is 2.34. The monoisotopic (exact) mass is 241 g/mol. The molecular formula is C7H3ClF3NOS. The second-order valence-corrected chi connectivity index (χ2v) is 3.58. The summed E-state index contributed by atoms with van der Waals surface area (Å²) in [6, 6.07) is 0. The molecule has 1 aromatic heterocycles. The van der Waals surface area contributed by atoms with Crippen LogP contribution in [-0.4, -0.2) is 10.2 Å². The van der Waals surface area contributed by atoms with Crippen LogP contribution in [0.15, 0.2) is 6.58 Å². The molecule has 0 unspecified atom stereocenters. The molecule has 1 aromatic rings. The summed E-state index contributed by atoms with van der Waals surface area (Å²) in [5.41, 5.74) is -0.404. The Morgan fingerprint density at radius 1 is 1.57 bits per heavy atom. The molecular weight excluding hydrogens is 239 g/mol. The SMILES string of the molecule is C=Cc1sc(C(F)(F)F)nc1C(=O)Cl. The Bertz CT molecular complexity index is 385. The van der Waals surface area contributed by atoms with Crippen molar-refractivity contribution < 1.29 is 18.0 Å². The van der Waals surface area contributed by atoms with Crippen LogP contribution in [0.2, 0.25) is 0 Å². The van der Waals surface area contributed by atoms with E-state index in [-0.39, 0.29) is 4.88 Å². The molecule has 0 bridgehead atoms. The molecule has 0 amide bonds. The summed E-state index contributed by atoms with van der Waals surface area (Å²) in [6.45, 7) is 3.26. The van der Waals surface area contributed by atoms with Crippen LogP contribution in [0.25, 0.3) is 6.08 Å². The first-order valence-electron chi connectivity index (χ1n) is 3.26. The minimum absolute atomic E-state index is 0.0253. The standard InChI is InChI=1S/C7H3ClF3NOS/c1-2-3-4(5(8)13)12-6(14-3)7(9,10)11/h2H,1H2. The Morgan fingerprint density at radius 2 is 2.14 bits per heavy atom. The fourth-order valence-electron chi connectivity index (χ4n) is 0.732. The molecule has 0 aliphatic rings. The molecule has 0 saturated carbocycles. The number of halogens is 4. The smallest absolute Gasteiger partial charge is 0.274 e. The molecule has 0 aliphatic carbocycles. The first-order chi connectivity index (χ1) is 6.36. The van der Waals surface area contributed by atoms with Crippen molar-refractivity contribution in [3.8, 4) is 0 Å². The summed E-state index contributed by atoms with van der Waals surface area (Å²) in [4.78, 5) is 13.8. The summed E-state index contributed by atoms with van der Waals surface area (Å²) in [5.74, 6) is 0. The van der Waals surface area contributed by atoms with Crippen LogP contribution < -0.4 is 0 Å². The van der Waals surface area contributed by atoms with E-state index >= 15 is 0 Å². The molecule has 1 rings (SSSR count). The zero-order valence-electron chi connectivity index (χ0n) is 6.56. The second-order valence-electron chi connectivity index (χ2n) is 2.21. The van der Waals surface area contributed by atoms with Gasteiger partial charge in [0.15, 0.2) is 5.01 Å². The molecule has 0 fully saturated rings. The highest BCUT2D eigenvalue weighted by Gasteiger charge is 2.36. The van der Waals surface area contributed by atoms with E-state index in [1.807, 2.05) is 0 Å². The maximum Gasteiger partial charge on any atom is 0.443 e. The zero-order valence-corrected chi connectivity index (χ0v) is 8.13. The van der Waals surface area contributed by atoms with Gasteiger partial charge in [0.05, 0.1) is 4.88 Å². The Hall–Kier alpha value is -0.880. The average molecular weight is 242 g/mol. The minimum atomic E-state index is -4.56. The summed E-state index contributed by atoms with van der Waals surface area (Å²) in [6.07, 6.45) is -3.45. The fourth-order valence-corrected chi connectivity index (χ4v) is 1.71. The molecule has 0 radical (unpaired) electrons. The van der Waals surface area contributed by atoms with E-state index in [2.05, 4.69) is 11.6 Å². The lowest BCUT2D eigenvalue weighted by Gasteiger charge is -1.98. The van der Waals surface area contributed by atoms with Crippen LogP contribution in [0.3, 0.4) is 0 Å². The number of alkyl halides is 3. The molecule has 7 heteroatoms. The lowest BCUT2D eigenvalue weighted by molar-refractivity contribution is -0.137. The van der Waals surface area contributed by atoms with Gasteiger partial charge in [-0.15, -0.1) is 11.3 Å². The van der Waals surface area contributed by atoms with E-state index in [1.165, 1.54) is 0 Å². The molecule has 0 saturated heterocycles. The van der Waals surface area contributed by atoms with Gasteiger partial charge in [0.25, 0.3) is 5.24 Å². The molecule has 14 heavy (non-hydrogen) atoms. The third kappa shape index (κ3) is 2.13. The highest BCUT2D eigenvalue weighted by molar-refractivity contribution is 7.13. The van der Waals surface area contributed by atoms with Gasteiger partial charge in [0, 0.05) is 0 Å². The first-order valence-corrected chi connectivity index (χ1v) is 4.46. The molecule has 2 nitrogen and oxygen atoms in total. The third-order valence-corrected chi connectivity index (χ3v) is 2.54. The summed E-state index contributed by atoms with van der Waals surface area (Å²) < 4.78 is 36.4. The average Bonchev–Trinajstić information content (AvgIpc) is 2.45. The molecule has 0 N–H and O–H groups in total. The quantitative estimate of drug-likeness (QED) is 0.745. The van der Waals surface area contributed by atoms with E-state index in [0.29, 0.717) is 11.3 Å². The number of hydrogen-bond acceptors (Lipinski definition) is 3. The maximum atomic E-state index is 12.1. The van der Waals surface area contributed by atoms with Crippen LogP contribution in [0.5, 0.6) is 0 Å². The second kappa shape index (κ2) is 3.70. The van der Waals surface area contributed by atoms with Crippen LogP contribution >= 0.6 is 22.9 Å². The summed E-state index contributed by atoms with van der Waals surface area (Å²) >= 11 is 5.38. The van der Waals surface area contributed by atoms with Gasteiger partial charge in [-0.1, -0.05) is 6.58 Å². The van der Waals surface area contributed by atoms with Crippen molar-refractivity contribution in [3.05, 3.63) is 22.2 Å².